The first-order valence-electron chi connectivity index (χ1n) is 12.6. The molecule has 35 heavy (non-hydrogen) atoms. The first-order chi connectivity index (χ1) is 17.0. The molecular weight excluding hydrogens is 444 g/mol. The normalized spacial score (nSPS) is 17.9. The fraction of sp³-hybridized carbons (Fsp3) is 0.464. The van der Waals surface area contributed by atoms with Crippen molar-refractivity contribution in [3.63, 3.8) is 0 Å². The van der Waals surface area contributed by atoms with Gasteiger partial charge in [0.15, 0.2) is 0 Å². The maximum absolute atomic E-state index is 13.0. The van der Waals surface area contributed by atoms with Crippen LogP contribution in [0.2, 0.25) is 0 Å². The zero-order valence-corrected chi connectivity index (χ0v) is 20.2. The number of hydrogen-bond acceptors (Lipinski definition) is 4. The van der Waals surface area contributed by atoms with Crippen molar-refractivity contribution >= 4 is 18.0 Å². The molecule has 1 fully saturated rings. The lowest BCUT2D eigenvalue weighted by atomic mass is 9.97. The van der Waals surface area contributed by atoms with Crippen LogP contribution in [0.1, 0.15) is 68.9 Å². The monoisotopic (exact) mass is 478 g/mol. The molecule has 2 aromatic carbocycles. The number of nitrogens with one attached hydrogen (secondary N) is 1. The van der Waals surface area contributed by atoms with Crippen molar-refractivity contribution in [2.24, 2.45) is 0 Å². The van der Waals surface area contributed by atoms with Crippen LogP contribution in [0.3, 0.4) is 0 Å². The van der Waals surface area contributed by atoms with Gasteiger partial charge in [0.2, 0.25) is 5.91 Å². The summed E-state index contributed by atoms with van der Waals surface area (Å²) >= 11 is 0. The summed E-state index contributed by atoms with van der Waals surface area (Å²) < 4.78 is 5.66. The number of nitrogens with zero attached hydrogens (tertiary/aromatic N) is 1. The van der Waals surface area contributed by atoms with Crippen LogP contribution in [0.5, 0.6) is 0 Å². The number of alkyl carbamates (subject to hydrolysis) is 1. The van der Waals surface area contributed by atoms with Crippen LogP contribution in [0.15, 0.2) is 48.5 Å². The predicted octanol–water partition coefficient (Wildman–Crippen LogP) is 4.94. The average Bonchev–Trinajstić information content (AvgIpc) is 3.16. The van der Waals surface area contributed by atoms with E-state index >= 15 is 0 Å². The topological polar surface area (TPSA) is 95.9 Å². The first-order valence-corrected chi connectivity index (χ1v) is 12.6. The molecular formula is C28H34N2O5. The Labute approximate surface area is 206 Å². The van der Waals surface area contributed by atoms with E-state index in [1.165, 1.54) is 11.1 Å². The minimum absolute atomic E-state index is 0.0236. The van der Waals surface area contributed by atoms with Gasteiger partial charge in [0.25, 0.3) is 0 Å². The summed E-state index contributed by atoms with van der Waals surface area (Å²) in [7, 11) is 0. The van der Waals surface area contributed by atoms with Crippen molar-refractivity contribution in [1.82, 2.24) is 10.2 Å². The van der Waals surface area contributed by atoms with Gasteiger partial charge in [-0.25, -0.2) is 4.79 Å². The summed E-state index contributed by atoms with van der Waals surface area (Å²) in [5.41, 5.74) is 4.64. The Morgan fingerprint density at radius 2 is 1.71 bits per heavy atom. The molecule has 1 aliphatic heterocycles. The summed E-state index contributed by atoms with van der Waals surface area (Å²) in [4.78, 5) is 38.7. The molecule has 0 saturated carbocycles. The van der Waals surface area contributed by atoms with Crippen LogP contribution in [0, 0.1) is 0 Å². The number of hydrogen-bond donors (Lipinski definition) is 2. The zero-order valence-electron chi connectivity index (χ0n) is 20.2. The molecule has 0 bridgehead atoms. The Morgan fingerprint density at radius 1 is 1.06 bits per heavy atom. The predicted molar refractivity (Wildman–Crippen MR) is 133 cm³/mol. The fourth-order valence-electron chi connectivity index (χ4n) is 5.45. The van der Waals surface area contributed by atoms with E-state index in [4.69, 9.17) is 4.74 Å². The van der Waals surface area contributed by atoms with E-state index in [0.29, 0.717) is 19.4 Å². The molecule has 1 saturated heterocycles. The number of ether oxygens (including phenoxy) is 1. The number of benzene rings is 2. The van der Waals surface area contributed by atoms with Gasteiger partial charge in [0.05, 0.1) is 6.42 Å². The third kappa shape index (κ3) is 5.84. The smallest absolute Gasteiger partial charge is 0.407 e. The lowest BCUT2D eigenvalue weighted by Gasteiger charge is -2.36. The van der Waals surface area contributed by atoms with Gasteiger partial charge in [-0.15, -0.1) is 0 Å². The molecule has 0 spiro atoms. The number of fused-ring (bicyclic) bond motifs is 3. The van der Waals surface area contributed by atoms with Gasteiger partial charge in [-0.3, -0.25) is 9.59 Å². The van der Waals surface area contributed by atoms with Crippen LogP contribution in [0.4, 0.5) is 4.79 Å². The van der Waals surface area contributed by atoms with E-state index in [0.717, 1.165) is 30.4 Å². The summed E-state index contributed by atoms with van der Waals surface area (Å²) in [5, 5.41) is 12.1. The van der Waals surface area contributed by atoms with Crippen LogP contribution >= 0.6 is 0 Å². The number of aliphatic carboxylic acids is 1. The van der Waals surface area contributed by atoms with E-state index in [1.54, 1.807) is 4.90 Å². The van der Waals surface area contributed by atoms with Crippen LogP contribution in [0.25, 0.3) is 11.1 Å². The molecule has 7 nitrogen and oxygen atoms in total. The molecule has 4 rings (SSSR count). The number of carboxylic acid groups (broad SMARTS) is 1. The molecule has 2 atom stereocenters. The second-order valence-corrected chi connectivity index (χ2v) is 9.49. The quantitative estimate of drug-likeness (QED) is 0.532. The highest BCUT2D eigenvalue weighted by atomic mass is 16.5. The number of carbonyl (C=O) groups excluding carboxylic acids is 2. The van der Waals surface area contributed by atoms with Crippen LogP contribution in [-0.2, 0) is 14.3 Å². The van der Waals surface area contributed by atoms with Crippen LogP contribution in [-0.4, -0.2) is 53.2 Å². The maximum atomic E-state index is 13.0. The molecule has 2 aromatic rings. The van der Waals surface area contributed by atoms with Crippen LogP contribution < -0.4 is 5.32 Å². The lowest BCUT2D eigenvalue weighted by Crippen LogP contribution is -2.47. The Balaban J connectivity index is 1.36. The third-order valence-electron chi connectivity index (χ3n) is 7.08. The van der Waals surface area contributed by atoms with E-state index < -0.39 is 12.1 Å². The highest BCUT2D eigenvalue weighted by Crippen LogP contribution is 2.44. The largest absolute Gasteiger partial charge is 0.481 e. The van der Waals surface area contributed by atoms with Gasteiger partial charge in [-0.1, -0.05) is 61.9 Å². The number of likely N-dealkylation sites (tertiary alicyclic amines) is 1. The standard InChI is InChI=1S/C28H34N2O5/c1-2-9-19(16-26(31)30-15-8-7-10-20(30)17-27(32)33)29-28(34)35-18-25-23-13-5-3-11-21(23)22-12-4-6-14-24(22)25/h3-6,11-14,19-20,25H,2,7-10,15-18H2,1H3,(H,29,34)(H,32,33)/t19-,20+/m0/s1. The van der Waals surface area contributed by atoms with Crippen molar-refractivity contribution in [3.05, 3.63) is 59.7 Å². The SMILES string of the molecule is CCC[C@@H](CC(=O)N1CCCC[C@@H]1CC(=O)O)NC(=O)OCC1c2ccccc2-c2ccccc21. The first kappa shape index (κ1) is 24.8. The number of piperidine rings is 1. The minimum atomic E-state index is -0.892. The highest BCUT2D eigenvalue weighted by molar-refractivity contribution is 5.80. The maximum Gasteiger partial charge on any atom is 0.407 e. The second kappa shape index (κ2) is 11.4. The summed E-state index contributed by atoms with van der Waals surface area (Å²) in [6.45, 7) is 2.80. The molecule has 7 heteroatoms. The molecule has 2 amide bonds. The molecule has 1 heterocycles. The molecule has 0 unspecified atom stereocenters. The summed E-state index contributed by atoms with van der Waals surface area (Å²) in [5.74, 6) is -1.02. The number of amides is 2. The van der Waals surface area contributed by atoms with E-state index in [1.807, 2.05) is 31.2 Å². The number of carbonyl (C=O) groups is 3. The fourth-order valence-corrected chi connectivity index (χ4v) is 5.45. The highest BCUT2D eigenvalue weighted by Gasteiger charge is 2.31. The average molecular weight is 479 g/mol. The van der Waals surface area contributed by atoms with Gasteiger partial charge in [0.1, 0.15) is 6.61 Å². The Kier molecular flexibility index (Phi) is 8.06. The van der Waals surface area contributed by atoms with Crippen molar-refractivity contribution in [2.75, 3.05) is 13.2 Å². The zero-order chi connectivity index (χ0) is 24.8. The molecule has 2 N–H and O–H groups in total. The minimum Gasteiger partial charge on any atom is -0.481 e. The van der Waals surface area contributed by atoms with Gasteiger partial charge >= 0.3 is 12.1 Å². The van der Waals surface area contributed by atoms with Crippen molar-refractivity contribution in [3.8, 4) is 11.1 Å². The Bertz CT molecular complexity index is 1020. The molecule has 186 valence electrons. The Morgan fingerprint density at radius 3 is 2.34 bits per heavy atom. The van der Waals surface area contributed by atoms with Gasteiger partial charge in [0, 0.05) is 31.0 Å². The van der Waals surface area contributed by atoms with Gasteiger partial charge in [-0.2, -0.15) is 0 Å². The number of carboxylic acids is 1. The van der Waals surface area contributed by atoms with Crippen molar-refractivity contribution in [1.29, 1.82) is 0 Å². The number of rotatable bonds is 9. The Hall–Kier alpha value is -3.35. The van der Waals surface area contributed by atoms with E-state index in [2.05, 4.69) is 29.6 Å². The van der Waals surface area contributed by atoms with Crippen molar-refractivity contribution < 1.29 is 24.2 Å². The molecule has 1 aliphatic carbocycles. The van der Waals surface area contributed by atoms with Gasteiger partial charge < -0.3 is 20.1 Å². The second-order valence-electron chi connectivity index (χ2n) is 9.49. The molecule has 0 radical (unpaired) electrons. The van der Waals surface area contributed by atoms with Gasteiger partial charge in [-0.05, 0) is 47.9 Å². The van der Waals surface area contributed by atoms with E-state index in [-0.39, 0.29) is 43.4 Å². The van der Waals surface area contributed by atoms with E-state index in [9.17, 15) is 19.5 Å². The molecule has 0 aromatic heterocycles. The summed E-state index contributed by atoms with van der Waals surface area (Å²) in [6, 6.07) is 15.7. The molecule has 2 aliphatic rings. The summed E-state index contributed by atoms with van der Waals surface area (Å²) in [6.07, 6.45) is 3.54. The van der Waals surface area contributed by atoms with Crippen molar-refractivity contribution in [2.45, 2.75) is 69.9 Å². The lowest BCUT2D eigenvalue weighted by molar-refractivity contribution is -0.142. The third-order valence-corrected chi connectivity index (χ3v) is 7.08.